The first kappa shape index (κ1) is 7.68. The molecule has 1 radical (unpaired) electrons. The lowest BCUT2D eigenvalue weighted by Gasteiger charge is -2.12. The zero-order valence-electron chi connectivity index (χ0n) is 4.69. The minimum Gasteiger partial charge on any atom is -0.194 e. The molecule has 0 spiro atoms. The molecule has 1 aliphatic heterocycles. The van der Waals surface area contributed by atoms with Crippen molar-refractivity contribution in [3.63, 3.8) is 0 Å². The summed E-state index contributed by atoms with van der Waals surface area (Å²) >= 11 is 5.04. The van der Waals surface area contributed by atoms with Gasteiger partial charge < -0.3 is 0 Å². The Kier molecular flexibility index (Phi) is 1.78. The topological polar surface area (TPSA) is 17.3 Å². The van der Waals surface area contributed by atoms with E-state index >= 15 is 0 Å². The molecule has 57 valence electrons. The van der Waals surface area contributed by atoms with Gasteiger partial charge in [-0.2, -0.15) is 17.7 Å². The highest BCUT2D eigenvalue weighted by atomic mass is 35.5. The molecule has 1 heterocycles. The summed E-state index contributed by atoms with van der Waals surface area (Å²) in [6.07, 6.45) is -3.46. The van der Waals surface area contributed by atoms with Crippen LogP contribution in [-0.4, -0.2) is 17.2 Å². The van der Waals surface area contributed by atoms with Crippen molar-refractivity contribution in [2.75, 3.05) is 6.54 Å². The van der Waals surface area contributed by atoms with Crippen molar-refractivity contribution >= 4 is 11.8 Å². The summed E-state index contributed by atoms with van der Waals surface area (Å²) in [5.74, 6) is 0. The first-order valence-electron chi connectivity index (χ1n) is 2.42. The van der Waals surface area contributed by atoms with E-state index in [1.54, 1.807) is 0 Å². The third-order valence-electron chi connectivity index (χ3n) is 0.980. The molecule has 6 heteroatoms. The number of allylic oxidation sites excluding steroid dienone is 1. The maximum absolute atomic E-state index is 11.8. The molecule has 0 saturated heterocycles. The minimum atomic E-state index is -4.39. The summed E-state index contributed by atoms with van der Waals surface area (Å²) in [5, 5.41) is 0. The van der Waals surface area contributed by atoms with Crippen LogP contribution in [0.5, 0.6) is 0 Å². The number of hydrogen-bond acceptors (Lipinski definition) is 1. The lowest BCUT2D eigenvalue weighted by Crippen LogP contribution is -2.24. The molecule has 0 aromatic carbocycles. The Morgan fingerprint density at radius 2 is 2.20 bits per heavy atom. The summed E-state index contributed by atoms with van der Waals surface area (Å²) in [4.78, 5) is 0. The van der Waals surface area contributed by atoms with E-state index in [2.05, 4.69) is 5.43 Å². The summed E-state index contributed by atoms with van der Waals surface area (Å²) in [6, 6.07) is 0. The van der Waals surface area contributed by atoms with Gasteiger partial charge in [-0.05, 0) is 6.08 Å². The maximum atomic E-state index is 11.8. The molecule has 0 aromatic heterocycles. The Morgan fingerprint density at radius 3 is 2.40 bits per heavy atom. The Balaban J connectivity index is 2.72. The fourth-order valence-corrected chi connectivity index (χ4v) is 0.797. The van der Waals surface area contributed by atoms with Gasteiger partial charge in [-0.25, -0.2) is 0 Å². The van der Waals surface area contributed by atoms with Crippen molar-refractivity contribution in [2.45, 2.75) is 6.18 Å². The Labute approximate surface area is 60.3 Å². The zero-order chi connectivity index (χ0) is 7.78. The molecular weight excluding hydrogens is 169 g/mol. The fourth-order valence-electron chi connectivity index (χ4n) is 0.571. The third-order valence-corrected chi connectivity index (χ3v) is 1.27. The maximum Gasteiger partial charge on any atom is 0.433 e. The van der Waals surface area contributed by atoms with E-state index in [0.717, 1.165) is 6.08 Å². The van der Waals surface area contributed by atoms with Crippen molar-refractivity contribution < 1.29 is 13.2 Å². The Bertz CT molecular complexity index is 164. The minimum absolute atomic E-state index is 0.00164. The van der Waals surface area contributed by atoms with E-state index in [4.69, 9.17) is 11.8 Å². The first-order chi connectivity index (χ1) is 4.52. The van der Waals surface area contributed by atoms with Crippen LogP contribution in [0.1, 0.15) is 0 Å². The number of nitrogens with zero attached hydrogens (tertiary/aromatic N) is 2. The van der Waals surface area contributed by atoms with Crippen LogP contribution in [0.3, 0.4) is 0 Å². The van der Waals surface area contributed by atoms with Crippen molar-refractivity contribution in [3.05, 3.63) is 11.8 Å². The average Bonchev–Trinajstić information content (AvgIpc) is 2.11. The van der Waals surface area contributed by atoms with Gasteiger partial charge in [0, 0.05) is 11.8 Å². The molecule has 1 aliphatic rings. The quantitative estimate of drug-likeness (QED) is 0.504. The van der Waals surface area contributed by atoms with Crippen LogP contribution in [0.15, 0.2) is 11.8 Å². The second kappa shape index (κ2) is 2.32. The SMILES string of the molecule is FC(F)(F)C1=CC[N]N1Cl. The smallest absolute Gasteiger partial charge is 0.194 e. The second-order valence-corrected chi connectivity index (χ2v) is 1.99. The molecule has 0 aromatic rings. The highest BCUT2D eigenvalue weighted by molar-refractivity contribution is 6.14. The van der Waals surface area contributed by atoms with Crippen molar-refractivity contribution in [2.24, 2.45) is 0 Å². The van der Waals surface area contributed by atoms with Gasteiger partial charge in [0.2, 0.25) is 0 Å². The molecular formula is C4H3ClF3N2. The number of rotatable bonds is 0. The third kappa shape index (κ3) is 1.35. The van der Waals surface area contributed by atoms with E-state index < -0.39 is 11.9 Å². The van der Waals surface area contributed by atoms with Gasteiger partial charge in [-0.15, -0.1) is 5.43 Å². The van der Waals surface area contributed by atoms with Crippen LogP contribution in [0.2, 0.25) is 0 Å². The highest BCUT2D eigenvalue weighted by Gasteiger charge is 2.39. The van der Waals surface area contributed by atoms with E-state index in [9.17, 15) is 13.2 Å². The molecule has 0 fully saturated rings. The number of alkyl halides is 3. The molecule has 10 heavy (non-hydrogen) atoms. The molecule has 0 amide bonds. The molecule has 0 unspecified atom stereocenters. The van der Waals surface area contributed by atoms with Crippen LogP contribution >= 0.6 is 11.8 Å². The van der Waals surface area contributed by atoms with Crippen LogP contribution in [0.25, 0.3) is 0 Å². The van der Waals surface area contributed by atoms with Crippen molar-refractivity contribution in [3.8, 4) is 0 Å². The van der Waals surface area contributed by atoms with E-state index in [1.165, 1.54) is 0 Å². The normalized spacial score (nSPS) is 19.6. The van der Waals surface area contributed by atoms with Gasteiger partial charge in [0.1, 0.15) is 0 Å². The van der Waals surface area contributed by atoms with Crippen molar-refractivity contribution in [1.82, 2.24) is 9.95 Å². The van der Waals surface area contributed by atoms with Gasteiger partial charge in [-0.1, -0.05) is 0 Å². The van der Waals surface area contributed by atoms with Crippen LogP contribution in [0, 0.1) is 0 Å². The molecule has 0 aliphatic carbocycles. The highest BCUT2D eigenvalue weighted by Crippen LogP contribution is 2.30. The zero-order valence-corrected chi connectivity index (χ0v) is 5.45. The molecule has 0 saturated carbocycles. The van der Waals surface area contributed by atoms with E-state index in [1.807, 2.05) is 0 Å². The molecule has 1 rings (SSSR count). The summed E-state index contributed by atoms with van der Waals surface area (Å²) in [5.41, 5.74) is 2.36. The van der Waals surface area contributed by atoms with Gasteiger partial charge in [0.05, 0.1) is 6.54 Å². The Morgan fingerprint density at radius 1 is 1.60 bits per heavy atom. The van der Waals surface area contributed by atoms with Gasteiger partial charge >= 0.3 is 6.18 Å². The predicted molar refractivity (Wildman–Crippen MR) is 28.8 cm³/mol. The van der Waals surface area contributed by atoms with E-state index in [-0.39, 0.29) is 6.54 Å². The molecule has 0 bridgehead atoms. The van der Waals surface area contributed by atoms with E-state index in [0.29, 0.717) is 4.53 Å². The largest absolute Gasteiger partial charge is 0.433 e. The second-order valence-electron chi connectivity index (χ2n) is 1.67. The lowest BCUT2D eigenvalue weighted by atomic mass is 10.4. The predicted octanol–water partition coefficient (Wildman–Crippen LogP) is 1.42. The van der Waals surface area contributed by atoms with Gasteiger partial charge in [-0.3, -0.25) is 0 Å². The molecule has 0 atom stereocenters. The summed E-state index contributed by atoms with van der Waals surface area (Å²) in [7, 11) is 0. The van der Waals surface area contributed by atoms with Crippen LogP contribution < -0.4 is 5.43 Å². The van der Waals surface area contributed by atoms with Gasteiger partial charge in [0.15, 0.2) is 5.70 Å². The first-order valence-corrected chi connectivity index (χ1v) is 2.76. The molecule has 2 nitrogen and oxygen atoms in total. The monoisotopic (exact) mass is 171 g/mol. The van der Waals surface area contributed by atoms with Crippen LogP contribution in [-0.2, 0) is 0 Å². The standard InChI is InChI=1S/C4H3ClF3N2/c5-10-3(1-2-9-10)4(6,7)8/h1H,2H2. The molecule has 0 N–H and O–H groups in total. The van der Waals surface area contributed by atoms with Crippen LogP contribution in [0.4, 0.5) is 13.2 Å². The summed E-state index contributed by atoms with van der Waals surface area (Å²) in [6.45, 7) is -0.00164. The number of halogens is 4. The van der Waals surface area contributed by atoms with Gasteiger partial charge in [0.25, 0.3) is 0 Å². The van der Waals surface area contributed by atoms with Crippen molar-refractivity contribution in [1.29, 1.82) is 0 Å². The Hall–Kier alpha value is -0.420. The average molecular weight is 172 g/mol. The lowest BCUT2D eigenvalue weighted by molar-refractivity contribution is -0.105. The number of hydrogen-bond donors (Lipinski definition) is 0. The fraction of sp³-hybridized carbons (Fsp3) is 0.500. The summed E-state index contributed by atoms with van der Waals surface area (Å²) < 4.78 is 35.6.